The second-order valence-electron chi connectivity index (χ2n) is 8.35. The predicted octanol–water partition coefficient (Wildman–Crippen LogP) is 5.28. The average molecular weight is 464 g/mol. The molecule has 0 saturated heterocycles. The maximum Gasteiger partial charge on any atom is 0.295 e. The second-order valence-corrected chi connectivity index (χ2v) is 8.35. The van der Waals surface area contributed by atoms with E-state index in [-0.39, 0.29) is 29.7 Å². The zero-order valence-corrected chi connectivity index (χ0v) is 18.6. The van der Waals surface area contributed by atoms with Crippen LogP contribution in [0.2, 0.25) is 0 Å². The maximum absolute atomic E-state index is 13.8. The normalized spacial score (nSPS) is 15.8. The molecule has 0 amide bonds. The van der Waals surface area contributed by atoms with Crippen LogP contribution in [0.5, 0.6) is 5.75 Å². The lowest BCUT2D eigenvalue weighted by Gasteiger charge is -2.23. The first-order valence-electron chi connectivity index (χ1n) is 10.5. The zero-order valence-electron chi connectivity index (χ0n) is 18.6. The van der Waals surface area contributed by atoms with Crippen LogP contribution in [0.1, 0.15) is 54.7 Å². The average Bonchev–Trinajstić information content (AvgIpc) is 3.55. The number of anilines is 1. The molecule has 2 aromatic heterocycles. The van der Waals surface area contributed by atoms with Gasteiger partial charge in [-0.15, -0.1) is 0 Å². The van der Waals surface area contributed by atoms with Crippen LogP contribution in [0.15, 0.2) is 29.2 Å². The fourth-order valence-corrected chi connectivity index (χ4v) is 4.25. The minimum Gasteiger partial charge on any atom is -0.490 e. The van der Waals surface area contributed by atoms with Crippen LogP contribution in [0.25, 0.3) is 10.9 Å². The number of hydrogen-bond donors (Lipinski definition) is 1. The molecule has 2 heterocycles. The first kappa shape index (κ1) is 23.0. The predicted molar refractivity (Wildman–Crippen MR) is 116 cm³/mol. The number of aryl methyl sites for hydroxylation is 1. The summed E-state index contributed by atoms with van der Waals surface area (Å²) in [4.78, 5) is 21.7. The van der Waals surface area contributed by atoms with Gasteiger partial charge in [-0.3, -0.25) is 9.36 Å². The quantitative estimate of drug-likeness (QED) is 0.482. The minimum atomic E-state index is -2.72. The molecular weight excluding hydrogens is 440 g/mol. The topological polar surface area (TPSA) is 69.0 Å². The lowest BCUT2D eigenvalue weighted by atomic mass is 9.97. The van der Waals surface area contributed by atoms with Crippen molar-refractivity contribution in [1.82, 2.24) is 14.5 Å². The Kier molecular flexibility index (Phi) is 5.79. The summed E-state index contributed by atoms with van der Waals surface area (Å²) in [5.41, 5.74) is -1.03. The summed E-state index contributed by atoms with van der Waals surface area (Å²) in [6, 6.07) is 4.23. The van der Waals surface area contributed by atoms with E-state index >= 15 is 0 Å². The molecule has 1 aliphatic carbocycles. The summed E-state index contributed by atoms with van der Waals surface area (Å²) in [6.45, 7) is 5.04. The molecule has 0 aliphatic heterocycles. The third-order valence-corrected chi connectivity index (χ3v) is 6.27. The van der Waals surface area contributed by atoms with E-state index in [2.05, 4.69) is 15.3 Å². The van der Waals surface area contributed by atoms with Crippen molar-refractivity contribution >= 4 is 16.7 Å². The van der Waals surface area contributed by atoms with Gasteiger partial charge in [0.05, 0.1) is 18.5 Å². The lowest BCUT2D eigenvalue weighted by molar-refractivity contribution is 0.0650. The third kappa shape index (κ3) is 3.81. The Morgan fingerprint density at radius 3 is 2.36 bits per heavy atom. The lowest BCUT2D eigenvalue weighted by Crippen LogP contribution is -2.36. The molecule has 33 heavy (non-hydrogen) atoms. The molecule has 10 heteroatoms. The molecule has 0 bridgehead atoms. The highest BCUT2D eigenvalue weighted by Crippen LogP contribution is 2.48. The van der Waals surface area contributed by atoms with Crippen molar-refractivity contribution in [3.8, 4) is 5.75 Å². The Morgan fingerprint density at radius 1 is 1.12 bits per heavy atom. The Balaban J connectivity index is 1.87. The third-order valence-electron chi connectivity index (χ3n) is 6.27. The Morgan fingerprint density at radius 2 is 1.79 bits per heavy atom. The number of pyridine rings is 1. The first-order valence-corrected chi connectivity index (χ1v) is 10.5. The van der Waals surface area contributed by atoms with Gasteiger partial charge in [0.15, 0.2) is 0 Å². The number of aromatic nitrogens is 3. The zero-order chi connectivity index (χ0) is 24.1. The Labute approximate surface area is 187 Å². The molecule has 0 spiro atoms. The molecule has 4 rings (SSSR count). The van der Waals surface area contributed by atoms with Gasteiger partial charge in [0.2, 0.25) is 5.75 Å². The number of halogens is 4. The number of fused-ring (bicyclic) bond motifs is 1. The molecule has 1 N–H and O–H groups in total. The second kappa shape index (κ2) is 8.31. The van der Waals surface area contributed by atoms with Gasteiger partial charge in [-0.05, 0) is 44.7 Å². The van der Waals surface area contributed by atoms with E-state index in [1.807, 2.05) is 0 Å². The minimum absolute atomic E-state index is 0.0620. The van der Waals surface area contributed by atoms with Crippen LogP contribution in [0.3, 0.4) is 0 Å². The van der Waals surface area contributed by atoms with Gasteiger partial charge >= 0.3 is 0 Å². The van der Waals surface area contributed by atoms with Gasteiger partial charge in [-0.25, -0.2) is 27.5 Å². The number of benzene rings is 1. The monoisotopic (exact) mass is 464 g/mol. The molecule has 0 unspecified atom stereocenters. The summed E-state index contributed by atoms with van der Waals surface area (Å²) >= 11 is 0. The van der Waals surface area contributed by atoms with Crippen molar-refractivity contribution in [2.75, 3.05) is 12.4 Å². The molecule has 6 nitrogen and oxygen atoms in total. The van der Waals surface area contributed by atoms with Crippen LogP contribution in [0, 0.1) is 13.8 Å². The van der Waals surface area contributed by atoms with Crippen LogP contribution >= 0.6 is 0 Å². The molecule has 1 atom stereocenters. The number of hydrogen-bond acceptors (Lipinski definition) is 5. The van der Waals surface area contributed by atoms with Crippen LogP contribution in [0.4, 0.5) is 23.4 Å². The van der Waals surface area contributed by atoms with Crippen molar-refractivity contribution in [3.05, 3.63) is 57.3 Å². The van der Waals surface area contributed by atoms with Gasteiger partial charge < -0.3 is 10.1 Å². The van der Waals surface area contributed by atoms with Crippen LogP contribution in [-0.2, 0) is 5.54 Å². The van der Waals surface area contributed by atoms with Gasteiger partial charge in [-0.1, -0.05) is 18.2 Å². The largest absolute Gasteiger partial charge is 0.490 e. The van der Waals surface area contributed by atoms with E-state index < -0.39 is 30.0 Å². The van der Waals surface area contributed by atoms with Crippen LogP contribution < -0.4 is 15.6 Å². The van der Waals surface area contributed by atoms with E-state index in [0.717, 1.165) is 4.57 Å². The van der Waals surface area contributed by atoms with Gasteiger partial charge in [-0.2, -0.15) is 0 Å². The van der Waals surface area contributed by atoms with E-state index in [4.69, 9.17) is 4.74 Å². The van der Waals surface area contributed by atoms with E-state index in [0.29, 0.717) is 28.2 Å². The first-order chi connectivity index (χ1) is 15.6. The Bertz CT molecular complexity index is 1270. The number of ether oxygens (including phenoxy) is 1. The fourth-order valence-electron chi connectivity index (χ4n) is 4.25. The van der Waals surface area contributed by atoms with Crippen LogP contribution in [-0.4, -0.2) is 28.1 Å². The summed E-state index contributed by atoms with van der Waals surface area (Å²) in [5, 5.41) is 3.53. The number of rotatable bonds is 7. The molecule has 3 aromatic rings. The highest BCUT2D eigenvalue weighted by atomic mass is 19.3. The summed E-state index contributed by atoms with van der Waals surface area (Å²) in [5.74, 6) is 0.487. The van der Waals surface area contributed by atoms with Crippen molar-refractivity contribution in [3.63, 3.8) is 0 Å². The van der Waals surface area contributed by atoms with Crippen molar-refractivity contribution in [2.45, 2.75) is 58.0 Å². The van der Waals surface area contributed by atoms with Gasteiger partial charge in [0, 0.05) is 11.8 Å². The van der Waals surface area contributed by atoms with Crippen molar-refractivity contribution in [1.29, 1.82) is 0 Å². The van der Waals surface area contributed by atoms with E-state index in [1.54, 1.807) is 32.9 Å². The number of nitrogens with zero attached hydrogens (tertiary/aromatic N) is 3. The SMILES string of the molecule is COc1c(=O)n(C2(C(F)F)CC2)cc2c(N[C@H](C)c3cccc(C(F)F)c3C)nc(C)nc12. The molecular formula is C23H24F4N4O2. The molecule has 0 radical (unpaired) electrons. The summed E-state index contributed by atoms with van der Waals surface area (Å²) in [6.07, 6.45) is -3.65. The van der Waals surface area contributed by atoms with Crippen molar-refractivity contribution < 1.29 is 22.3 Å². The number of nitrogens with one attached hydrogen (secondary N) is 1. The van der Waals surface area contributed by atoms with E-state index in [9.17, 15) is 22.4 Å². The standard InChI is InChI=1S/C23H24F4N4O2/c1-11-14(6-5-7-15(11)19(24)25)12(2)28-20-16-10-31(23(8-9-23)22(26)27)21(32)18(33-4)17(16)29-13(3)30-20/h5-7,10,12,19,22H,8-9H2,1-4H3,(H,28,29,30)/t12-/m1/s1. The van der Waals surface area contributed by atoms with E-state index in [1.165, 1.54) is 19.4 Å². The molecule has 1 fully saturated rings. The highest BCUT2D eigenvalue weighted by molar-refractivity contribution is 5.92. The summed E-state index contributed by atoms with van der Waals surface area (Å²) < 4.78 is 60.6. The van der Waals surface area contributed by atoms with Gasteiger partial charge in [0.1, 0.15) is 22.7 Å². The van der Waals surface area contributed by atoms with Crippen molar-refractivity contribution in [2.24, 2.45) is 0 Å². The Hall–Kier alpha value is -3.17. The molecule has 176 valence electrons. The van der Waals surface area contributed by atoms with Gasteiger partial charge in [0.25, 0.3) is 18.4 Å². The number of alkyl halides is 4. The summed E-state index contributed by atoms with van der Waals surface area (Å²) in [7, 11) is 1.29. The number of methoxy groups -OCH3 is 1. The molecule has 1 aliphatic rings. The molecule has 1 saturated carbocycles. The highest BCUT2D eigenvalue weighted by Gasteiger charge is 2.54. The molecule has 1 aromatic carbocycles. The maximum atomic E-state index is 13.8. The fraction of sp³-hybridized carbons (Fsp3) is 0.435. The smallest absolute Gasteiger partial charge is 0.295 e.